The van der Waals surface area contributed by atoms with E-state index in [1.165, 1.54) is 24.6 Å². The van der Waals surface area contributed by atoms with Gasteiger partial charge in [0.2, 0.25) is 5.76 Å². The molecule has 0 saturated carbocycles. The van der Waals surface area contributed by atoms with Crippen molar-refractivity contribution >= 4 is 73.2 Å². The van der Waals surface area contributed by atoms with Crippen LogP contribution >= 0.6 is 55.1 Å². The third kappa shape index (κ3) is 6.57. The summed E-state index contributed by atoms with van der Waals surface area (Å²) in [6.07, 6.45) is 2.69. The number of carbonyl (C=O) groups is 2. The Morgan fingerprint density at radius 1 is 1.16 bits per heavy atom. The minimum absolute atomic E-state index is 0.0454. The van der Waals surface area contributed by atoms with Crippen LogP contribution in [0.25, 0.3) is 0 Å². The van der Waals surface area contributed by atoms with Gasteiger partial charge in [-0.25, -0.2) is 10.2 Å². The zero-order chi connectivity index (χ0) is 22.4. The number of hydrogen-bond donors (Lipinski definition) is 1. The van der Waals surface area contributed by atoms with Crippen LogP contribution in [0.3, 0.4) is 0 Å². The molecule has 7 nitrogen and oxygen atoms in total. The monoisotopic (exact) mass is 588 g/mol. The van der Waals surface area contributed by atoms with Crippen molar-refractivity contribution in [3.8, 4) is 11.5 Å². The molecule has 3 rings (SSSR count). The van der Waals surface area contributed by atoms with E-state index in [4.69, 9.17) is 37.1 Å². The molecule has 0 spiro atoms. The lowest BCUT2D eigenvalue weighted by Gasteiger charge is -2.10. The summed E-state index contributed by atoms with van der Waals surface area (Å²) >= 11 is 18.5. The van der Waals surface area contributed by atoms with Crippen LogP contribution in [0.15, 0.2) is 67.2 Å². The minimum Gasteiger partial charge on any atom is -0.482 e. The van der Waals surface area contributed by atoms with E-state index in [1.54, 1.807) is 30.3 Å². The van der Waals surface area contributed by atoms with Crippen LogP contribution in [-0.2, 0) is 4.79 Å². The normalized spacial score (nSPS) is 10.8. The van der Waals surface area contributed by atoms with E-state index in [1.807, 2.05) is 0 Å². The maximum atomic E-state index is 12.2. The van der Waals surface area contributed by atoms with E-state index in [2.05, 4.69) is 42.4 Å². The maximum Gasteiger partial charge on any atom is 0.379 e. The number of hydrazone groups is 1. The van der Waals surface area contributed by atoms with Crippen LogP contribution in [0.4, 0.5) is 0 Å². The molecule has 0 radical (unpaired) electrons. The molecule has 1 N–H and O–H groups in total. The van der Waals surface area contributed by atoms with E-state index in [-0.39, 0.29) is 23.1 Å². The molecule has 0 bridgehead atoms. The Kier molecular flexibility index (Phi) is 8.14. The second kappa shape index (κ2) is 10.8. The summed E-state index contributed by atoms with van der Waals surface area (Å²) < 4.78 is 17.0. The predicted molar refractivity (Wildman–Crippen MR) is 123 cm³/mol. The molecule has 0 unspecified atom stereocenters. The lowest BCUT2D eigenvalue weighted by Crippen LogP contribution is -2.24. The van der Waals surface area contributed by atoms with Gasteiger partial charge >= 0.3 is 5.97 Å². The highest BCUT2D eigenvalue weighted by Gasteiger charge is 2.17. The Bertz CT molecular complexity index is 1140. The SMILES string of the molecule is O=C(COc1ccc(Cl)cc1Cl)NN=Cc1cc(Br)cc(Br)c1OC(=O)c1ccco1. The average molecular weight is 591 g/mol. The fourth-order valence-corrected chi connectivity index (χ4v) is 4.07. The van der Waals surface area contributed by atoms with Crippen molar-refractivity contribution in [2.45, 2.75) is 0 Å². The summed E-state index contributed by atoms with van der Waals surface area (Å²) in [6.45, 7) is -0.318. The Morgan fingerprint density at radius 2 is 1.97 bits per heavy atom. The standard InChI is InChI=1S/C20H12Br2Cl2N2O5/c21-12-6-11(19(14(22)7-12)31-20(28)17-2-1-5-29-17)9-25-26-18(27)10-30-16-4-3-13(23)8-15(16)24/h1-9H,10H2,(H,26,27). The van der Waals surface area contributed by atoms with Gasteiger partial charge in [0.25, 0.3) is 5.91 Å². The molecule has 1 amide bonds. The van der Waals surface area contributed by atoms with Gasteiger partial charge in [-0.3, -0.25) is 4.79 Å². The van der Waals surface area contributed by atoms with Crippen LogP contribution in [0.5, 0.6) is 11.5 Å². The highest BCUT2D eigenvalue weighted by atomic mass is 79.9. The second-order valence-corrected chi connectivity index (χ2v) is 8.44. The smallest absolute Gasteiger partial charge is 0.379 e. The summed E-state index contributed by atoms with van der Waals surface area (Å²) in [5.41, 5.74) is 2.75. The first kappa shape index (κ1) is 23.3. The number of carbonyl (C=O) groups excluding carboxylic acids is 2. The van der Waals surface area contributed by atoms with Crippen molar-refractivity contribution in [1.29, 1.82) is 0 Å². The third-order valence-corrected chi connectivity index (χ3v) is 5.18. The summed E-state index contributed by atoms with van der Waals surface area (Å²) in [7, 11) is 0. The first-order chi connectivity index (χ1) is 14.8. The predicted octanol–water partition coefficient (Wildman–Crippen LogP) is 5.86. The van der Waals surface area contributed by atoms with Crippen molar-refractivity contribution in [2.24, 2.45) is 5.10 Å². The number of amides is 1. The zero-order valence-electron chi connectivity index (χ0n) is 15.4. The van der Waals surface area contributed by atoms with E-state index in [0.717, 1.165) is 0 Å². The molecule has 31 heavy (non-hydrogen) atoms. The molecule has 3 aromatic rings. The number of furan rings is 1. The Morgan fingerprint density at radius 3 is 2.68 bits per heavy atom. The molecule has 0 aliphatic rings. The van der Waals surface area contributed by atoms with Crippen molar-refractivity contribution in [2.75, 3.05) is 6.61 Å². The van der Waals surface area contributed by atoms with Crippen molar-refractivity contribution in [3.63, 3.8) is 0 Å². The summed E-state index contributed by atoms with van der Waals surface area (Å²) in [5.74, 6) is -0.644. The number of benzene rings is 2. The maximum absolute atomic E-state index is 12.2. The van der Waals surface area contributed by atoms with E-state index in [0.29, 0.717) is 25.3 Å². The Labute approximate surface area is 203 Å². The van der Waals surface area contributed by atoms with Crippen molar-refractivity contribution < 1.29 is 23.5 Å². The van der Waals surface area contributed by atoms with Crippen molar-refractivity contribution in [3.05, 3.63) is 79.0 Å². The number of nitrogens with zero attached hydrogens (tertiary/aromatic N) is 1. The van der Waals surface area contributed by atoms with Gasteiger partial charge in [-0.2, -0.15) is 5.10 Å². The lowest BCUT2D eigenvalue weighted by molar-refractivity contribution is -0.123. The van der Waals surface area contributed by atoms with Crippen LogP contribution in [-0.4, -0.2) is 24.7 Å². The van der Waals surface area contributed by atoms with Gasteiger partial charge < -0.3 is 13.9 Å². The number of hydrogen-bond acceptors (Lipinski definition) is 6. The first-order valence-corrected chi connectivity index (χ1v) is 10.8. The van der Waals surface area contributed by atoms with Crippen LogP contribution < -0.4 is 14.9 Å². The van der Waals surface area contributed by atoms with E-state index in [9.17, 15) is 9.59 Å². The number of rotatable bonds is 7. The minimum atomic E-state index is -0.681. The topological polar surface area (TPSA) is 90.1 Å². The molecule has 160 valence electrons. The van der Waals surface area contributed by atoms with Gasteiger partial charge in [0.1, 0.15) is 5.75 Å². The Balaban J connectivity index is 1.65. The van der Waals surface area contributed by atoms with Crippen LogP contribution in [0.1, 0.15) is 16.1 Å². The molecule has 1 aromatic heterocycles. The Hall–Kier alpha value is -2.33. The molecule has 2 aromatic carbocycles. The molecule has 0 saturated heterocycles. The number of nitrogens with one attached hydrogen (secondary N) is 1. The summed E-state index contributed by atoms with van der Waals surface area (Å²) in [6, 6.07) is 11.1. The molecular formula is C20H12Br2Cl2N2O5. The number of ether oxygens (including phenoxy) is 2. The van der Waals surface area contributed by atoms with E-state index >= 15 is 0 Å². The fourth-order valence-electron chi connectivity index (χ4n) is 2.26. The van der Waals surface area contributed by atoms with Crippen molar-refractivity contribution in [1.82, 2.24) is 5.43 Å². The highest BCUT2D eigenvalue weighted by molar-refractivity contribution is 9.11. The molecule has 0 aliphatic heterocycles. The molecule has 1 heterocycles. The summed E-state index contributed by atoms with van der Waals surface area (Å²) in [5, 5.41) is 4.63. The molecule has 11 heteroatoms. The number of esters is 1. The molecule has 0 aliphatic carbocycles. The lowest BCUT2D eigenvalue weighted by atomic mass is 10.2. The molecule has 0 atom stereocenters. The van der Waals surface area contributed by atoms with Gasteiger partial charge in [0, 0.05) is 15.1 Å². The second-order valence-electron chi connectivity index (χ2n) is 5.83. The van der Waals surface area contributed by atoms with Gasteiger partial charge in [0.15, 0.2) is 12.4 Å². The largest absolute Gasteiger partial charge is 0.482 e. The fraction of sp³-hybridized carbons (Fsp3) is 0.0500. The molecular weight excluding hydrogens is 579 g/mol. The van der Waals surface area contributed by atoms with Crippen LogP contribution in [0.2, 0.25) is 10.0 Å². The highest BCUT2D eigenvalue weighted by Crippen LogP contribution is 2.33. The average Bonchev–Trinajstić information content (AvgIpc) is 3.24. The quantitative estimate of drug-likeness (QED) is 0.161. The zero-order valence-corrected chi connectivity index (χ0v) is 20.1. The third-order valence-electron chi connectivity index (χ3n) is 3.60. The van der Waals surface area contributed by atoms with E-state index < -0.39 is 11.9 Å². The van der Waals surface area contributed by atoms with Gasteiger partial charge in [-0.05, 0) is 58.4 Å². The summed E-state index contributed by atoms with van der Waals surface area (Å²) in [4.78, 5) is 24.2. The first-order valence-electron chi connectivity index (χ1n) is 8.48. The van der Waals surface area contributed by atoms with Gasteiger partial charge in [-0.1, -0.05) is 39.1 Å². The van der Waals surface area contributed by atoms with Gasteiger partial charge in [-0.15, -0.1) is 0 Å². The molecule has 0 fully saturated rings. The number of halogens is 4. The van der Waals surface area contributed by atoms with Gasteiger partial charge in [0.05, 0.1) is 22.0 Å². The van der Waals surface area contributed by atoms with Crippen LogP contribution in [0, 0.1) is 0 Å².